The molecule has 0 spiro atoms. The molecule has 58 heavy (non-hydrogen) atoms. The summed E-state index contributed by atoms with van der Waals surface area (Å²) in [4.78, 5) is 37.5. The van der Waals surface area contributed by atoms with Crippen molar-refractivity contribution in [1.29, 1.82) is 0 Å². The van der Waals surface area contributed by atoms with E-state index in [9.17, 15) is 19.0 Å². The van der Waals surface area contributed by atoms with Crippen LogP contribution in [0.3, 0.4) is 0 Å². The van der Waals surface area contributed by atoms with Crippen LogP contribution in [0.1, 0.15) is 168 Å². The van der Waals surface area contributed by atoms with Gasteiger partial charge in [-0.05, 0) is 89.9 Å². The zero-order valence-electron chi connectivity index (χ0n) is 37.5. The SMILES string of the molecule is CCCCC/C=C\C/C=C\C/C=C\C/C=C\CCCCCC(=O)OC[C@H](COP(=O)([O-])OCC[N+](C)(C)C)OC(=O)CCCCCCC/C=C\C/C=C\CCCCC. The Bertz CT molecular complexity index is 1220. The first-order valence-corrected chi connectivity index (χ1v) is 24.1. The molecule has 0 N–H and O–H groups in total. The normalized spacial score (nSPS) is 14.2. The Hall–Kier alpha value is -2.55. The van der Waals surface area contributed by atoms with Crippen molar-refractivity contribution in [3.8, 4) is 0 Å². The predicted octanol–water partition coefficient (Wildman–Crippen LogP) is 12.4. The molecule has 0 aliphatic rings. The van der Waals surface area contributed by atoms with Gasteiger partial charge in [-0.2, -0.15) is 0 Å². The third kappa shape index (κ3) is 43.0. The Labute approximate surface area is 355 Å². The first-order chi connectivity index (χ1) is 28.0. The second kappa shape index (κ2) is 39.9. The Kier molecular flexibility index (Phi) is 38.1. The van der Waals surface area contributed by atoms with Gasteiger partial charge in [-0.3, -0.25) is 14.2 Å². The molecular weight excluding hydrogens is 750 g/mol. The Balaban J connectivity index is 4.44. The maximum Gasteiger partial charge on any atom is 0.306 e. The molecule has 0 heterocycles. The Morgan fingerprint density at radius 2 is 0.931 bits per heavy atom. The summed E-state index contributed by atoms with van der Waals surface area (Å²) in [5.41, 5.74) is 0. The number of unbranched alkanes of at least 4 members (excludes halogenated alkanes) is 14. The van der Waals surface area contributed by atoms with Gasteiger partial charge in [0, 0.05) is 12.8 Å². The van der Waals surface area contributed by atoms with Gasteiger partial charge in [0.25, 0.3) is 7.82 Å². The lowest BCUT2D eigenvalue weighted by Gasteiger charge is -2.28. The van der Waals surface area contributed by atoms with E-state index in [2.05, 4.69) is 86.8 Å². The molecule has 0 bridgehead atoms. The van der Waals surface area contributed by atoms with Crippen LogP contribution in [0, 0.1) is 0 Å². The standard InChI is InChI=1S/C48H84NO8P/c1-6-8-10-12-14-16-18-20-22-23-24-25-27-28-30-32-34-36-38-40-47(50)54-44-46(45-56-58(52,53)55-43-42-49(3,4)5)57-48(51)41-39-37-35-33-31-29-26-21-19-17-15-13-11-9-7-2/h14-17,20-22,24-26,28,30,46H,6-13,18-19,23,27,29,31-45H2,1-5H3/b16-14-,17-15-,22-20-,25-24-,26-21-,30-28-/t46-/m1/s1. The zero-order valence-corrected chi connectivity index (χ0v) is 38.4. The number of esters is 2. The number of likely N-dealkylation sites (N-methyl/N-ethyl adjacent to an activating group) is 1. The zero-order chi connectivity index (χ0) is 42.8. The monoisotopic (exact) mass is 834 g/mol. The number of hydrogen-bond acceptors (Lipinski definition) is 8. The van der Waals surface area contributed by atoms with E-state index in [1.54, 1.807) is 0 Å². The second-order valence-corrected chi connectivity index (χ2v) is 17.5. The molecular formula is C48H84NO8P. The summed E-state index contributed by atoms with van der Waals surface area (Å²) in [5, 5.41) is 0. The molecule has 10 heteroatoms. The van der Waals surface area contributed by atoms with Gasteiger partial charge in [0.05, 0.1) is 27.7 Å². The number of carbonyl (C=O) groups is 2. The molecule has 0 rings (SSSR count). The molecule has 0 aromatic heterocycles. The van der Waals surface area contributed by atoms with Crippen molar-refractivity contribution in [3.63, 3.8) is 0 Å². The van der Waals surface area contributed by atoms with Gasteiger partial charge in [-0.15, -0.1) is 0 Å². The van der Waals surface area contributed by atoms with Gasteiger partial charge in [0.1, 0.15) is 19.8 Å². The van der Waals surface area contributed by atoms with E-state index in [-0.39, 0.29) is 26.1 Å². The fourth-order valence-corrected chi connectivity index (χ4v) is 6.34. The topological polar surface area (TPSA) is 111 Å². The number of ether oxygens (including phenoxy) is 2. The van der Waals surface area contributed by atoms with Gasteiger partial charge in [-0.1, -0.05) is 138 Å². The molecule has 334 valence electrons. The summed E-state index contributed by atoms with van der Waals surface area (Å²) in [5.74, 6) is -0.893. The molecule has 0 aromatic carbocycles. The van der Waals surface area contributed by atoms with E-state index in [0.29, 0.717) is 23.9 Å². The van der Waals surface area contributed by atoms with Crippen molar-refractivity contribution in [3.05, 3.63) is 72.9 Å². The maximum atomic E-state index is 12.7. The van der Waals surface area contributed by atoms with Crippen molar-refractivity contribution in [2.75, 3.05) is 47.5 Å². The van der Waals surface area contributed by atoms with Gasteiger partial charge in [0.15, 0.2) is 6.10 Å². The predicted molar refractivity (Wildman–Crippen MR) is 240 cm³/mol. The highest BCUT2D eigenvalue weighted by atomic mass is 31.2. The fourth-order valence-electron chi connectivity index (χ4n) is 5.61. The number of rotatable bonds is 40. The smallest absolute Gasteiger partial charge is 0.306 e. The maximum absolute atomic E-state index is 12.7. The molecule has 0 radical (unpaired) electrons. The van der Waals surface area contributed by atoms with Gasteiger partial charge in [0.2, 0.25) is 0 Å². The number of nitrogens with zero attached hydrogens (tertiary/aromatic N) is 1. The van der Waals surface area contributed by atoms with E-state index >= 15 is 0 Å². The number of phosphoric ester groups is 1. The van der Waals surface area contributed by atoms with Crippen LogP contribution in [0.25, 0.3) is 0 Å². The average Bonchev–Trinajstić information content (AvgIpc) is 3.17. The summed E-state index contributed by atoms with van der Waals surface area (Å²) in [6.45, 7) is 4.10. The molecule has 0 saturated heterocycles. The average molecular weight is 834 g/mol. The fraction of sp³-hybridized carbons (Fsp3) is 0.708. The summed E-state index contributed by atoms with van der Waals surface area (Å²) < 4.78 is 33.9. The highest BCUT2D eigenvalue weighted by Gasteiger charge is 2.21. The Morgan fingerprint density at radius 1 is 0.534 bits per heavy atom. The lowest BCUT2D eigenvalue weighted by molar-refractivity contribution is -0.870. The third-order valence-electron chi connectivity index (χ3n) is 9.20. The minimum absolute atomic E-state index is 0.0427. The molecule has 1 unspecified atom stereocenters. The van der Waals surface area contributed by atoms with E-state index in [1.165, 1.54) is 51.4 Å². The van der Waals surface area contributed by atoms with Gasteiger partial charge in [-0.25, -0.2) is 0 Å². The molecule has 0 aromatic rings. The number of carbonyl (C=O) groups excluding carboxylic acids is 2. The van der Waals surface area contributed by atoms with E-state index < -0.39 is 32.5 Å². The van der Waals surface area contributed by atoms with E-state index in [0.717, 1.165) is 77.0 Å². The largest absolute Gasteiger partial charge is 0.756 e. The first-order valence-electron chi connectivity index (χ1n) is 22.6. The first kappa shape index (κ1) is 55.5. The molecule has 0 aliphatic heterocycles. The van der Waals surface area contributed by atoms with Crippen molar-refractivity contribution in [2.24, 2.45) is 0 Å². The van der Waals surface area contributed by atoms with Crippen LogP contribution in [-0.4, -0.2) is 70.0 Å². The molecule has 9 nitrogen and oxygen atoms in total. The van der Waals surface area contributed by atoms with Crippen LogP contribution in [0.4, 0.5) is 0 Å². The van der Waals surface area contributed by atoms with Crippen molar-refractivity contribution in [1.82, 2.24) is 0 Å². The Morgan fingerprint density at radius 3 is 1.40 bits per heavy atom. The summed E-state index contributed by atoms with van der Waals surface area (Å²) in [7, 11) is 1.12. The van der Waals surface area contributed by atoms with Crippen molar-refractivity contribution < 1.29 is 42.1 Å². The van der Waals surface area contributed by atoms with Gasteiger partial charge >= 0.3 is 11.9 Å². The summed E-state index contributed by atoms with van der Waals surface area (Å²) in [6.07, 6.45) is 49.2. The molecule has 0 saturated carbocycles. The van der Waals surface area contributed by atoms with Crippen LogP contribution >= 0.6 is 7.82 Å². The van der Waals surface area contributed by atoms with Crippen molar-refractivity contribution in [2.45, 2.75) is 174 Å². The van der Waals surface area contributed by atoms with Crippen LogP contribution in [0.2, 0.25) is 0 Å². The highest BCUT2D eigenvalue weighted by Crippen LogP contribution is 2.38. The minimum Gasteiger partial charge on any atom is -0.756 e. The number of hydrogen-bond donors (Lipinski definition) is 0. The number of quaternary nitrogens is 1. The number of allylic oxidation sites excluding steroid dienone is 12. The van der Waals surface area contributed by atoms with Crippen LogP contribution in [0.5, 0.6) is 0 Å². The second-order valence-electron chi connectivity index (χ2n) is 16.1. The third-order valence-corrected chi connectivity index (χ3v) is 10.2. The van der Waals surface area contributed by atoms with Crippen LogP contribution in [0.15, 0.2) is 72.9 Å². The molecule has 2 atom stereocenters. The molecule has 0 fully saturated rings. The summed E-state index contributed by atoms with van der Waals surface area (Å²) >= 11 is 0. The van der Waals surface area contributed by atoms with Crippen LogP contribution < -0.4 is 4.89 Å². The summed E-state index contributed by atoms with van der Waals surface area (Å²) in [6, 6.07) is 0. The highest BCUT2D eigenvalue weighted by molar-refractivity contribution is 7.45. The van der Waals surface area contributed by atoms with Crippen LogP contribution in [-0.2, 0) is 32.7 Å². The van der Waals surface area contributed by atoms with Gasteiger partial charge < -0.3 is 27.9 Å². The molecule has 0 amide bonds. The van der Waals surface area contributed by atoms with Crippen molar-refractivity contribution >= 4 is 19.8 Å². The molecule has 0 aliphatic carbocycles. The van der Waals surface area contributed by atoms with E-state index in [1.807, 2.05) is 21.1 Å². The minimum atomic E-state index is -4.64. The lowest BCUT2D eigenvalue weighted by Crippen LogP contribution is -2.37. The van der Waals surface area contributed by atoms with E-state index in [4.69, 9.17) is 18.5 Å². The number of phosphoric acid groups is 1. The quantitative estimate of drug-likeness (QED) is 0.0197. The lowest BCUT2D eigenvalue weighted by atomic mass is 10.1.